The number of aromatic amines is 1. The van der Waals surface area contributed by atoms with E-state index in [0.717, 1.165) is 29.7 Å². The van der Waals surface area contributed by atoms with Gasteiger partial charge in [0.15, 0.2) is 0 Å². The molecule has 0 fully saturated rings. The van der Waals surface area contributed by atoms with Crippen LogP contribution in [-0.2, 0) is 24.2 Å². The largest absolute Gasteiger partial charge is 0.454 e. The number of hydrogen-bond acceptors (Lipinski definition) is 7. The van der Waals surface area contributed by atoms with Gasteiger partial charge in [0.05, 0.1) is 10.9 Å². The molecular formula is C19H19N3O3S2. The predicted octanol–water partition coefficient (Wildman–Crippen LogP) is 3.58. The lowest BCUT2D eigenvalue weighted by Gasteiger charge is -2.17. The second-order valence-corrected chi connectivity index (χ2v) is 8.56. The number of aromatic nitrogens is 3. The zero-order valence-corrected chi connectivity index (χ0v) is 16.7. The smallest absolute Gasteiger partial charge is 0.341 e. The van der Waals surface area contributed by atoms with Crippen LogP contribution in [-0.4, -0.2) is 27.2 Å². The number of thioether (sulfide) groups is 1. The Balaban J connectivity index is 1.58. The first-order valence-corrected chi connectivity index (χ1v) is 10.8. The van der Waals surface area contributed by atoms with Gasteiger partial charge < -0.3 is 9.72 Å². The summed E-state index contributed by atoms with van der Waals surface area (Å²) in [6.45, 7) is 2.16. The van der Waals surface area contributed by atoms with E-state index in [1.807, 2.05) is 6.26 Å². The normalized spacial score (nSPS) is 16.3. The number of aryl methyl sites for hydroxylation is 1. The molecule has 1 N–H and O–H groups in total. The van der Waals surface area contributed by atoms with Crippen molar-refractivity contribution in [3.05, 3.63) is 50.5 Å². The van der Waals surface area contributed by atoms with Gasteiger partial charge in [-0.15, -0.1) is 23.1 Å². The lowest BCUT2D eigenvalue weighted by molar-refractivity contribution is 0.0457. The zero-order valence-electron chi connectivity index (χ0n) is 15.1. The number of fused-ring (bicyclic) bond motifs is 3. The molecule has 0 bridgehead atoms. The summed E-state index contributed by atoms with van der Waals surface area (Å²) in [4.78, 5) is 38.4. The summed E-state index contributed by atoms with van der Waals surface area (Å²) in [5.41, 5.74) is 1.41. The monoisotopic (exact) mass is 401 g/mol. The standard InChI is InChI=1S/C19H19N3O3S2/c1-10-5-6-11-13(8-10)27-18-15(11)16(23)21-14(22-18)9-25-19(24)12-4-3-7-20-17(12)26-2/h3-4,7,10H,5-6,8-9H2,1-2H3,(H,21,22,23)/t10-/m0/s1. The number of ether oxygens (including phenoxy) is 1. The van der Waals surface area contributed by atoms with Gasteiger partial charge in [-0.25, -0.2) is 14.8 Å². The van der Waals surface area contributed by atoms with Gasteiger partial charge in [0.1, 0.15) is 22.3 Å². The molecule has 3 aromatic heterocycles. The Labute approximate surface area is 164 Å². The van der Waals surface area contributed by atoms with Crippen LogP contribution in [0, 0.1) is 5.92 Å². The van der Waals surface area contributed by atoms with Gasteiger partial charge in [-0.1, -0.05) is 6.92 Å². The Morgan fingerprint density at radius 1 is 1.48 bits per heavy atom. The lowest BCUT2D eigenvalue weighted by atomic mass is 9.89. The fraction of sp³-hybridized carbons (Fsp3) is 0.368. The molecule has 4 rings (SSSR count). The second kappa shape index (κ2) is 7.44. The number of nitrogens with one attached hydrogen (secondary N) is 1. The average Bonchev–Trinajstić information content (AvgIpc) is 3.03. The Kier molecular flexibility index (Phi) is 5.01. The summed E-state index contributed by atoms with van der Waals surface area (Å²) in [5.74, 6) is 0.520. The van der Waals surface area contributed by atoms with E-state index in [2.05, 4.69) is 21.9 Å². The molecule has 1 aliphatic carbocycles. The lowest BCUT2D eigenvalue weighted by Crippen LogP contribution is -2.16. The number of esters is 1. The number of hydrogen-bond donors (Lipinski definition) is 1. The molecule has 0 saturated heterocycles. The van der Waals surface area contributed by atoms with Crippen LogP contribution in [0.2, 0.25) is 0 Å². The van der Waals surface area contributed by atoms with E-state index in [0.29, 0.717) is 27.7 Å². The van der Waals surface area contributed by atoms with Gasteiger partial charge >= 0.3 is 5.97 Å². The van der Waals surface area contributed by atoms with Gasteiger partial charge in [-0.2, -0.15) is 0 Å². The summed E-state index contributed by atoms with van der Waals surface area (Å²) in [6.07, 6.45) is 6.51. The molecule has 0 unspecified atom stereocenters. The third kappa shape index (κ3) is 3.51. The van der Waals surface area contributed by atoms with Crippen molar-refractivity contribution in [1.29, 1.82) is 0 Å². The third-order valence-electron chi connectivity index (χ3n) is 4.74. The fourth-order valence-electron chi connectivity index (χ4n) is 3.38. The van der Waals surface area contributed by atoms with Crippen molar-refractivity contribution in [2.45, 2.75) is 37.8 Å². The first-order valence-electron chi connectivity index (χ1n) is 8.76. The summed E-state index contributed by atoms with van der Waals surface area (Å²) in [7, 11) is 0. The van der Waals surface area contributed by atoms with Gasteiger partial charge in [-0.05, 0) is 49.1 Å². The van der Waals surface area contributed by atoms with Crippen LogP contribution in [0.15, 0.2) is 28.2 Å². The van der Waals surface area contributed by atoms with E-state index in [-0.39, 0.29) is 12.2 Å². The molecule has 8 heteroatoms. The molecular weight excluding hydrogens is 382 g/mol. The topological polar surface area (TPSA) is 84.9 Å². The highest BCUT2D eigenvalue weighted by molar-refractivity contribution is 7.98. The highest BCUT2D eigenvalue weighted by Gasteiger charge is 2.23. The number of rotatable bonds is 4. The highest BCUT2D eigenvalue weighted by Crippen LogP contribution is 2.35. The van der Waals surface area contributed by atoms with Crippen LogP contribution in [0.3, 0.4) is 0 Å². The van der Waals surface area contributed by atoms with Crippen molar-refractivity contribution in [2.24, 2.45) is 5.92 Å². The molecule has 0 aromatic carbocycles. The highest BCUT2D eigenvalue weighted by atomic mass is 32.2. The maximum absolute atomic E-state index is 12.6. The second-order valence-electron chi connectivity index (χ2n) is 6.68. The number of carbonyl (C=O) groups excluding carboxylic acids is 1. The van der Waals surface area contributed by atoms with Gasteiger partial charge in [-0.3, -0.25) is 4.79 Å². The molecule has 0 saturated carbocycles. The minimum absolute atomic E-state index is 0.0777. The number of nitrogens with zero attached hydrogens (tertiary/aromatic N) is 2. The summed E-state index contributed by atoms with van der Waals surface area (Å²) in [5, 5.41) is 1.31. The number of thiophene rings is 1. The van der Waals surface area contributed by atoms with Crippen LogP contribution in [0.5, 0.6) is 0 Å². The van der Waals surface area contributed by atoms with E-state index in [1.54, 1.807) is 29.7 Å². The Morgan fingerprint density at radius 2 is 2.33 bits per heavy atom. The molecule has 3 aromatic rings. The molecule has 0 aliphatic heterocycles. The molecule has 3 heterocycles. The van der Waals surface area contributed by atoms with E-state index < -0.39 is 5.97 Å². The van der Waals surface area contributed by atoms with Crippen molar-refractivity contribution < 1.29 is 9.53 Å². The molecule has 1 atom stereocenters. The van der Waals surface area contributed by atoms with Crippen LogP contribution < -0.4 is 5.56 Å². The van der Waals surface area contributed by atoms with Crippen molar-refractivity contribution in [3.63, 3.8) is 0 Å². The SMILES string of the molecule is CSc1ncccc1C(=O)OCc1nc2sc3c(c2c(=O)[nH]1)CC[C@H](C)C3. The van der Waals surface area contributed by atoms with E-state index in [9.17, 15) is 9.59 Å². The van der Waals surface area contributed by atoms with Crippen molar-refractivity contribution >= 4 is 39.3 Å². The maximum atomic E-state index is 12.6. The summed E-state index contributed by atoms with van der Waals surface area (Å²) < 4.78 is 5.36. The summed E-state index contributed by atoms with van der Waals surface area (Å²) in [6, 6.07) is 3.37. The number of H-pyrrole nitrogens is 1. The first-order chi connectivity index (χ1) is 13.1. The van der Waals surface area contributed by atoms with E-state index >= 15 is 0 Å². The van der Waals surface area contributed by atoms with Crippen molar-refractivity contribution in [3.8, 4) is 0 Å². The molecule has 6 nitrogen and oxygen atoms in total. The minimum atomic E-state index is -0.477. The Morgan fingerprint density at radius 3 is 3.15 bits per heavy atom. The third-order valence-corrected chi connectivity index (χ3v) is 6.60. The quantitative estimate of drug-likeness (QED) is 0.531. The van der Waals surface area contributed by atoms with Crippen molar-refractivity contribution in [1.82, 2.24) is 15.0 Å². The molecule has 140 valence electrons. The average molecular weight is 402 g/mol. The number of carbonyl (C=O) groups is 1. The predicted molar refractivity (Wildman–Crippen MR) is 107 cm³/mol. The van der Waals surface area contributed by atoms with Gasteiger partial charge in [0.2, 0.25) is 0 Å². The zero-order chi connectivity index (χ0) is 19.0. The van der Waals surface area contributed by atoms with Crippen molar-refractivity contribution in [2.75, 3.05) is 6.26 Å². The van der Waals surface area contributed by atoms with Crippen LogP contribution in [0.25, 0.3) is 10.2 Å². The first kappa shape index (κ1) is 18.2. The number of pyridine rings is 1. The molecule has 27 heavy (non-hydrogen) atoms. The fourth-order valence-corrected chi connectivity index (χ4v) is 5.32. The maximum Gasteiger partial charge on any atom is 0.341 e. The Bertz CT molecular complexity index is 1070. The van der Waals surface area contributed by atoms with Crippen LogP contribution in [0.4, 0.5) is 0 Å². The van der Waals surface area contributed by atoms with E-state index in [4.69, 9.17) is 4.74 Å². The Hall–Kier alpha value is -2.19. The minimum Gasteiger partial charge on any atom is -0.454 e. The van der Waals surface area contributed by atoms with Crippen LogP contribution in [0.1, 0.15) is 40.0 Å². The molecule has 0 amide bonds. The molecule has 0 spiro atoms. The molecule has 0 radical (unpaired) electrons. The van der Waals surface area contributed by atoms with E-state index in [1.165, 1.54) is 16.6 Å². The van der Waals surface area contributed by atoms with Crippen LogP contribution >= 0.6 is 23.1 Å². The van der Waals surface area contributed by atoms with Gasteiger partial charge in [0, 0.05) is 11.1 Å². The summed E-state index contributed by atoms with van der Waals surface area (Å²) >= 11 is 2.96. The molecule has 1 aliphatic rings. The van der Waals surface area contributed by atoms with Gasteiger partial charge in [0.25, 0.3) is 5.56 Å².